The Hall–Kier alpha value is -1.55. The van der Waals surface area contributed by atoms with E-state index < -0.39 is 0 Å². The zero-order chi connectivity index (χ0) is 17.3. The molecule has 2 aliphatic rings. The van der Waals surface area contributed by atoms with Crippen LogP contribution in [0.25, 0.3) is 0 Å². The van der Waals surface area contributed by atoms with Crippen LogP contribution in [0.3, 0.4) is 0 Å². The first-order valence-electron chi connectivity index (χ1n) is 8.68. The fourth-order valence-electron chi connectivity index (χ4n) is 4.13. The third-order valence-electron chi connectivity index (χ3n) is 5.64. The number of benzene rings is 1. The normalized spacial score (nSPS) is 26.4. The molecule has 1 heterocycles. The van der Waals surface area contributed by atoms with Crippen molar-refractivity contribution in [3.05, 3.63) is 34.9 Å². The van der Waals surface area contributed by atoms with Gasteiger partial charge in [-0.05, 0) is 48.8 Å². The van der Waals surface area contributed by atoms with Crippen LogP contribution in [0.2, 0.25) is 5.02 Å². The summed E-state index contributed by atoms with van der Waals surface area (Å²) >= 11 is 5.99. The van der Waals surface area contributed by atoms with Crippen molar-refractivity contribution in [2.24, 2.45) is 11.8 Å². The van der Waals surface area contributed by atoms with Crippen LogP contribution in [0.15, 0.2) is 24.3 Å². The van der Waals surface area contributed by atoms with Crippen molar-refractivity contribution < 1.29 is 9.59 Å². The average molecular weight is 349 g/mol. The van der Waals surface area contributed by atoms with E-state index in [-0.39, 0.29) is 17.9 Å². The van der Waals surface area contributed by atoms with Gasteiger partial charge in [-0.25, -0.2) is 0 Å². The van der Waals surface area contributed by atoms with Gasteiger partial charge < -0.3 is 9.80 Å². The van der Waals surface area contributed by atoms with Gasteiger partial charge in [-0.3, -0.25) is 9.59 Å². The van der Waals surface area contributed by atoms with Crippen LogP contribution in [0, 0.1) is 11.8 Å². The summed E-state index contributed by atoms with van der Waals surface area (Å²) in [6.45, 7) is 0.838. The number of carbonyl (C=O) groups is 2. The molecule has 1 aromatic carbocycles. The number of halogens is 1. The molecule has 3 rings (SSSR count). The molecular formula is C19H25ClN2O2. The van der Waals surface area contributed by atoms with Gasteiger partial charge in [0.1, 0.15) is 0 Å². The van der Waals surface area contributed by atoms with Gasteiger partial charge in [0.05, 0.1) is 0 Å². The number of nitrogens with zero attached hydrogens (tertiary/aromatic N) is 2. The van der Waals surface area contributed by atoms with Crippen molar-refractivity contribution in [2.75, 3.05) is 20.6 Å². The van der Waals surface area contributed by atoms with E-state index in [0.717, 1.165) is 24.9 Å². The number of hydrogen-bond donors (Lipinski definition) is 0. The molecule has 1 saturated carbocycles. The molecule has 0 aromatic heterocycles. The van der Waals surface area contributed by atoms with Crippen LogP contribution < -0.4 is 0 Å². The molecule has 130 valence electrons. The number of aryl methyl sites for hydroxylation is 1. The SMILES string of the molecule is CN1C[C@@H]2C[C@H](N(C)C(=O)CCc3cccc(Cl)c3)C[C@@H]2CC1=O. The first kappa shape index (κ1) is 17.3. The summed E-state index contributed by atoms with van der Waals surface area (Å²) in [6, 6.07) is 7.95. The van der Waals surface area contributed by atoms with Crippen molar-refractivity contribution in [1.29, 1.82) is 0 Å². The molecule has 24 heavy (non-hydrogen) atoms. The Labute approximate surface area is 148 Å². The van der Waals surface area contributed by atoms with Gasteiger partial charge in [-0.2, -0.15) is 0 Å². The van der Waals surface area contributed by atoms with E-state index in [2.05, 4.69) is 0 Å². The number of hydrogen-bond acceptors (Lipinski definition) is 2. The van der Waals surface area contributed by atoms with Crippen LogP contribution in [-0.4, -0.2) is 48.3 Å². The van der Waals surface area contributed by atoms with Crippen molar-refractivity contribution in [2.45, 2.75) is 38.1 Å². The molecule has 0 unspecified atom stereocenters. The lowest BCUT2D eigenvalue weighted by molar-refractivity contribution is -0.135. The quantitative estimate of drug-likeness (QED) is 0.839. The number of piperidine rings is 1. The topological polar surface area (TPSA) is 40.6 Å². The van der Waals surface area contributed by atoms with E-state index >= 15 is 0 Å². The first-order chi connectivity index (χ1) is 11.4. The summed E-state index contributed by atoms with van der Waals surface area (Å²) in [5.74, 6) is 1.41. The number of amides is 2. The third-order valence-corrected chi connectivity index (χ3v) is 5.88. The highest BCUT2D eigenvalue weighted by Crippen LogP contribution is 2.40. The lowest BCUT2D eigenvalue weighted by Crippen LogP contribution is -2.39. The molecule has 1 aliphatic carbocycles. The van der Waals surface area contributed by atoms with Gasteiger partial charge >= 0.3 is 0 Å². The van der Waals surface area contributed by atoms with Crippen molar-refractivity contribution in [3.8, 4) is 0 Å². The second kappa shape index (κ2) is 7.14. The zero-order valence-corrected chi connectivity index (χ0v) is 15.1. The summed E-state index contributed by atoms with van der Waals surface area (Å²) in [6.07, 6.45) is 3.83. The van der Waals surface area contributed by atoms with Crippen LogP contribution >= 0.6 is 11.6 Å². The van der Waals surface area contributed by atoms with Crippen LogP contribution in [-0.2, 0) is 16.0 Å². The predicted octanol–water partition coefficient (Wildman–Crippen LogP) is 2.99. The largest absolute Gasteiger partial charge is 0.345 e. The molecule has 2 amide bonds. The molecule has 3 atom stereocenters. The second-order valence-corrected chi connectivity index (χ2v) is 7.69. The van der Waals surface area contributed by atoms with Crippen LogP contribution in [0.1, 0.15) is 31.2 Å². The molecule has 0 bridgehead atoms. The summed E-state index contributed by atoms with van der Waals surface area (Å²) in [5, 5.41) is 0.710. The fraction of sp³-hybridized carbons (Fsp3) is 0.579. The molecule has 0 radical (unpaired) electrons. The Morgan fingerprint density at radius 1 is 1.33 bits per heavy atom. The third kappa shape index (κ3) is 3.75. The fourth-order valence-corrected chi connectivity index (χ4v) is 4.34. The maximum Gasteiger partial charge on any atom is 0.222 e. The van der Waals surface area contributed by atoms with Gasteiger partial charge in [0.2, 0.25) is 11.8 Å². The molecular weight excluding hydrogens is 324 g/mol. The van der Waals surface area contributed by atoms with E-state index in [1.807, 2.05) is 48.2 Å². The highest BCUT2D eigenvalue weighted by atomic mass is 35.5. The molecule has 1 aliphatic heterocycles. The molecule has 1 saturated heterocycles. The Bertz CT molecular complexity index is 634. The highest BCUT2D eigenvalue weighted by molar-refractivity contribution is 6.30. The maximum atomic E-state index is 12.5. The van der Waals surface area contributed by atoms with Crippen molar-refractivity contribution in [1.82, 2.24) is 9.80 Å². The predicted molar refractivity (Wildman–Crippen MR) is 94.8 cm³/mol. The van der Waals surface area contributed by atoms with Gasteiger partial charge in [-0.1, -0.05) is 23.7 Å². The standard InChI is InChI=1S/C19H25ClN2O2/c1-21-12-15-10-17(9-14(15)11-19(21)24)22(2)18(23)7-6-13-4-3-5-16(20)8-13/h3-5,8,14-15,17H,6-7,9-12H2,1-2H3/t14-,15+,17-/m1/s1. The lowest BCUT2D eigenvalue weighted by atomic mass is 9.88. The Morgan fingerprint density at radius 2 is 2.08 bits per heavy atom. The summed E-state index contributed by atoms with van der Waals surface area (Å²) in [4.78, 5) is 28.2. The summed E-state index contributed by atoms with van der Waals surface area (Å²) in [5.41, 5.74) is 1.09. The van der Waals surface area contributed by atoms with Crippen molar-refractivity contribution >= 4 is 23.4 Å². The maximum absolute atomic E-state index is 12.5. The Kier molecular flexibility index (Phi) is 5.14. The number of fused-ring (bicyclic) bond motifs is 1. The van der Waals surface area contributed by atoms with Gasteiger partial charge in [-0.15, -0.1) is 0 Å². The van der Waals surface area contributed by atoms with Crippen molar-refractivity contribution in [3.63, 3.8) is 0 Å². The molecule has 0 N–H and O–H groups in total. The Morgan fingerprint density at radius 3 is 2.83 bits per heavy atom. The van der Waals surface area contributed by atoms with E-state index in [4.69, 9.17) is 11.6 Å². The summed E-state index contributed by atoms with van der Waals surface area (Å²) in [7, 11) is 3.79. The minimum absolute atomic E-state index is 0.179. The van der Waals surface area contributed by atoms with E-state index in [9.17, 15) is 9.59 Å². The number of rotatable bonds is 4. The monoisotopic (exact) mass is 348 g/mol. The number of carbonyl (C=O) groups excluding carboxylic acids is 2. The second-order valence-electron chi connectivity index (χ2n) is 7.26. The van der Waals surface area contributed by atoms with Gasteiger partial charge in [0, 0.05) is 44.5 Å². The van der Waals surface area contributed by atoms with Crippen LogP contribution in [0.5, 0.6) is 0 Å². The van der Waals surface area contributed by atoms with E-state index in [1.165, 1.54) is 0 Å². The number of likely N-dealkylation sites (tertiary alicyclic amines) is 1. The average Bonchev–Trinajstić information content (AvgIpc) is 2.95. The first-order valence-corrected chi connectivity index (χ1v) is 9.06. The highest BCUT2D eigenvalue weighted by Gasteiger charge is 2.42. The molecule has 2 fully saturated rings. The minimum atomic E-state index is 0.179. The molecule has 0 spiro atoms. The summed E-state index contributed by atoms with van der Waals surface area (Å²) < 4.78 is 0. The van der Waals surface area contributed by atoms with E-state index in [0.29, 0.717) is 36.1 Å². The lowest BCUT2D eigenvalue weighted by Gasteiger charge is -2.31. The van der Waals surface area contributed by atoms with Crippen LogP contribution in [0.4, 0.5) is 0 Å². The zero-order valence-electron chi connectivity index (χ0n) is 14.4. The smallest absolute Gasteiger partial charge is 0.222 e. The molecule has 1 aromatic rings. The molecule has 5 heteroatoms. The van der Waals surface area contributed by atoms with Gasteiger partial charge in [0.25, 0.3) is 0 Å². The Balaban J connectivity index is 1.54. The van der Waals surface area contributed by atoms with Gasteiger partial charge in [0.15, 0.2) is 0 Å². The van der Waals surface area contributed by atoms with E-state index in [1.54, 1.807) is 0 Å². The minimum Gasteiger partial charge on any atom is -0.345 e. The molecule has 4 nitrogen and oxygen atoms in total.